The van der Waals surface area contributed by atoms with Crippen molar-refractivity contribution >= 4 is 31.8 Å². The van der Waals surface area contributed by atoms with Gasteiger partial charge in [-0.2, -0.15) is 4.31 Å². The Bertz CT molecular complexity index is 720. The third kappa shape index (κ3) is 3.61. The second-order valence-corrected chi connectivity index (χ2v) is 7.28. The van der Waals surface area contributed by atoms with E-state index in [1.54, 1.807) is 6.92 Å². The summed E-state index contributed by atoms with van der Waals surface area (Å²) >= 11 is 3.23. The minimum absolute atomic E-state index is 0.00436. The predicted molar refractivity (Wildman–Crippen MR) is 86.1 cm³/mol. The molecule has 0 saturated heterocycles. The van der Waals surface area contributed by atoms with Crippen LogP contribution < -0.4 is 5.73 Å². The monoisotopic (exact) mass is 369 g/mol. The minimum Gasteiger partial charge on any atom is -0.383 e. The maximum Gasteiger partial charge on any atom is 0.247 e. The number of sulfonamides is 1. The van der Waals surface area contributed by atoms with Crippen molar-refractivity contribution in [2.75, 3.05) is 12.3 Å². The molecule has 2 rings (SSSR count). The number of aromatic nitrogens is 1. The molecule has 0 atom stereocenters. The van der Waals surface area contributed by atoms with E-state index < -0.39 is 10.0 Å². The molecular formula is C14H16BrN3O2S. The van der Waals surface area contributed by atoms with Crippen LogP contribution >= 0.6 is 15.9 Å². The molecule has 1 aromatic heterocycles. The maximum absolute atomic E-state index is 12.7. The molecule has 2 aromatic rings. The Hall–Kier alpha value is -1.44. The highest BCUT2D eigenvalue weighted by Gasteiger charge is 2.26. The van der Waals surface area contributed by atoms with Crippen LogP contribution in [0.25, 0.3) is 0 Å². The Morgan fingerprint density at radius 2 is 1.95 bits per heavy atom. The Morgan fingerprint density at radius 1 is 1.29 bits per heavy atom. The number of nitrogen functional groups attached to an aromatic ring is 1. The van der Waals surface area contributed by atoms with E-state index in [0.717, 1.165) is 5.56 Å². The highest BCUT2D eigenvalue weighted by molar-refractivity contribution is 9.10. The third-order valence-corrected chi connectivity index (χ3v) is 5.40. The second kappa shape index (κ2) is 6.55. The normalized spacial score (nSPS) is 11.8. The standard InChI is InChI=1S/C14H16BrN3O2S/c1-2-18(10-11-6-4-3-5-7-11)21(19,20)13-8-12(15)9-17-14(13)16/h3-9H,2,10H2,1H3,(H2,16,17). The van der Waals surface area contributed by atoms with Crippen LogP contribution in [0.5, 0.6) is 0 Å². The van der Waals surface area contributed by atoms with Crippen LogP contribution in [0, 0.1) is 0 Å². The molecule has 0 aliphatic rings. The van der Waals surface area contributed by atoms with Crippen LogP contribution in [-0.4, -0.2) is 24.3 Å². The molecule has 0 bridgehead atoms. The molecule has 1 heterocycles. The number of hydrogen-bond donors (Lipinski definition) is 1. The summed E-state index contributed by atoms with van der Waals surface area (Å²) in [7, 11) is -3.69. The summed E-state index contributed by atoms with van der Waals surface area (Å²) in [6.45, 7) is 2.44. The van der Waals surface area contributed by atoms with Gasteiger partial charge < -0.3 is 5.73 Å². The molecule has 0 radical (unpaired) electrons. The Labute approximate surface area is 133 Å². The Morgan fingerprint density at radius 3 is 2.57 bits per heavy atom. The van der Waals surface area contributed by atoms with Crippen molar-refractivity contribution in [2.45, 2.75) is 18.4 Å². The van der Waals surface area contributed by atoms with E-state index in [1.807, 2.05) is 30.3 Å². The van der Waals surface area contributed by atoms with Gasteiger partial charge in [-0.05, 0) is 27.6 Å². The zero-order valence-corrected chi connectivity index (χ0v) is 13.9. The lowest BCUT2D eigenvalue weighted by atomic mass is 10.2. The molecule has 0 spiro atoms. The summed E-state index contributed by atoms with van der Waals surface area (Å²) in [6.07, 6.45) is 1.47. The average Bonchev–Trinajstić information content (AvgIpc) is 2.48. The van der Waals surface area contributed by atoms with Crippen molar-refractivity contribution in [3.63, 3.8) is 0 Å². The van der Waals surface area contributed by atoms with Crippen molar-refractivity contribution in [1.82, 2.24) is 9.29 Å². The SMILES string of the molecule is CCN(Cc1ccccc1)S(=O)(=O)c1cc(Br)cnc1N. The van der Waals surface area contributed by atoms with E-state index in [0.29, 0.717) is 17.6 Å². The molecule has 0 amide bonds. The number of rotatable bonds is 5. The smallest absolute Gasteiger partial charge is 0.247 e. The summed E-state index contributed by atoms with van der Waals surface area (Å²) in [5.41, 5.74) is 6.64. The number of nitrogens with zero attached hydrogens (tertiary/aromatic N) is 2. The molecule has 0 fully saturated rings. The van der Waals surface area contributed by atoms with E-state index >= 15 is 0 Å². The molecule has 7 heteroatoms. The van der Waals surface area contributed by atoms with Crippen LogP contribution in [0.15, 0.2) is 52.0 Å². The van der Waals surface area contributed by atoms with Gasteiger partial charge in [-0.25, -0.2) is 13.4 Å². The number of benzene rings is 1. The van der Waals surface area contributed by atoms with Gasteiger partial charge in [0.15, 0.2) is 0 Å². The van der Waals surface area contributed by atoms with E-state index in [2.05, 4.69) is 20.9 Å². The number of hydrogen-bond acceptors (Lipinski definition) is 4. The Balaban J connectivity index is 2.38. The van der Waals surface area contributed by atoms with E-state index in [-0.39, 0.29) is 10.7 Å². The van der Waals surface area contributed by atoms with Gasteiger partial charge in [0, 0.05) is 23.8 Å². The zero-order valence-electron chi connectivity index (χ0n) is 11.5. The minimum atomic E-state index is -3.69. The fraction of sp³-hybridized carbons (Fsp3) is 0.214. The summed E-state index contributed by atoms with van der Waals surface area (Å²) in [5, 5.41) is 0. The molecule has 0 unspecified atom stereocenters. The largest absolute Gasteiger partial charge is 0.383 e. The quantitative estimate of drug-likeness (QED) is 0.878. The fourth-order valence-electron chi connectivity index (χ4n) is 1.93. The van der Waals surface area contributed by atoms with Crippen molar-refractivity contribution < 1.29 is 8.42 Å². The first-order chi connectivity index (χ1) is 9.95. The maximum atomic E-state index is 12.7. The second-order valence-electron chi connectivity index (χ2n) is 4.45. The molecule has 0 saturated carbocycles. The first-order valence-corrected chi connectivity index (χ1v) is 8.63. The lowest BCUT2D eigenvalue weighted by molar-refractivity contribution is 0.423. The Kier molecular flexibility index (Phi) is 4.97. The van der Waals surface area contributed by atoms with Crippen LogP contribution in [0.2, 0.25) is 0 Å². The van der Waals surface area contributed by atoms with Crippen molar-refractivity contribution in [1.29, 1.82) is 0 Å². The highest BCUT2D eigenvalue weighted by Crippen LogP contribution is 2.25. The number of nitrogens with two attached hydrogens (primary N) is 1. The number of anilines is 1. The topological polar surface area (TPSA) is 76.3 Å². The summed E-state index contributed by atoms with van der Waals surface area (Å²) in [4.78, 5) is 3.92. The van der Waals surface area contributed by atoms with Gasteiger partial charge in [0.05, 0.1) is 0 Å². The van der Waals surface area contributed by atoms with Gasteiger partial charge in [-0.15, -0.1) is 0 Å². The summed E-state index contributed by atoms with van der Waals surface area (Å²) < 4.78 is 27.4. The van der Waals surface area contributed by atoms with E-state index in [1.165, 1.54) is 16.6 Å². The third-order valence-electron chi connectivity index (χ3n) is 3.02. The zero-order chi connectivity index (χ0) is 15.5. The van der Waals surface area contributed by atoms with Crippen LogP contribution in [0.1, 0.15) is 12.5 Å². The molecule has 21 heavy (non-hydrogen) atoms. The first kappa shape index (κ1) is 15.9. The molecule has 112 valence electrons. The van der Waals surface area contributed by atoms with Gasteiger partial charge in [0.25, 0.3) is 0 Å². The molecule has 2 N–H and O–H groups in total. The van der Waals surface area contributed by atoms with Gasteiger partial charge in [0.2, 0.25) is 10.0 Å². The van der Waals surface area contributed by atoms with Gasteiger partial charge in [-0.1, -0.05) is 37.3 Å². The van der Waals surface area contributed by atoms with Gasteiger partial charge in [-0.3, -0.25) is 0 Å². The van der Waals surface area contributed by atoms with Crippen LogP contribution in [0.3, 0.4) is 0 Å². The van der Waals surface area contributed by atoms with Crippen LogP contribution in [0.4, 0.5) is 5.82 Å². The van der Waals surface area contributed by atoms with E-state index in [4.69, 9.17) is 5.73 Å². The highest BCUT2D eigenvalue weighted by atomic mass is 79.9. The van der Waals surface area contributed by atoms with Crippen molar-refractivity contribution in [3.05, 3.63) is 52.6 Å². The van der Waals surface area contributed by atoms with Gasteiger partial charge >= 0.3 is 0 Å². The molecule has 0 aliphatic carbocycles. The molecular weight excluding hydrogens is 354 g/mol. The van der Waals surface area contributed by atoms with Crippen molar-refractivity contribution in [2.24, 2.45) is 0 Å². The summed E-state index contributed by atoms with van der Waals surface area (Å²) in [6, 6.07) is 10.9. The van der Waals surface area contributed by atoms with E-state index in [9.17, 15) is 8.42 Å². The molecule has 0 aliphatic heterocycles. The number of halogens is 1. The van der Waals surface area contributed by atoms with Gasteiger partial charge in [0.1, 0.15) is 10.7 Å². The predicted octanol–water partition coefficient (Wildman–Crippen LogP) is 2.64. The number of pyridine rings is 1. The first-order valence-electron chi connectivity index (χ1n) is 6.40. The lowest BCUT2D eigenvalue weighted by Gasteiger charge is -2.21. The molecule has 5 nitrogen and oxygen atoms in total. The fourth-order valence-corrected chi connectivity index (χ4v) is 3.94. The van der Waals surface area contributed by atoms with Crippen molar-refractivity contribution in [3.8, 4) is 0 Å². The summed E-state index contributed by atoms with van der Waals surface area (Å²) in [5.74, 6) is 0.00436. The molecule has 1 aromatic carbocycles. The average molecular weight is 370 g/mol. The van der Waals surface area contributed by atoms with Crippen LogP contribution in [-0.2, 0) is 16.6 Å². The lowest BCUT2D eigenvalue weighted by Crippen LogP contribution is -2.31.